The van der Waals surface area contributed by atoms with Crippen LogP contribution in [0.4, 0.5) is 0 Å². The number of carbonyl (C=O) groups is 1. The number of amides is 1. The lowest BCUT2D eigenvalue weighted by atomic mass is 9.82. The van der Waals surface area contributed by atoms with Crippen LogP contribution < -0.4 is 9.47 Å². The van der Waals surface area contributed by atoms with E-state index in [1.165, 1.54) is 0 Å². The molecule has 1 aromatic rings. The van der Waals surface area contributed by atoms with E-state index in [-0.39, 0.29) is 18.1 Å². The summed E-state index contributed by atoms with van der Waals surface area (Å²) in [6, 6.07) is 5.88. The maximum absolute atomic E-state index is 12.6. The zero-order valence-corrected chi connectivity index (χ0v) is 14.0. The summed E-state index contributed by atoms with van der Waals surface area (Å²) in [5.41, 5.74) is 1.09. The topological polar surface area (TPSA) is 57.2 Å². The normalized spacial score (nSPS) is 27.5. The molecule has 0 unspecified atom stereocenters. The standard InChI is InChI=1S/C18H23NO5/c1-21-10-18-9-19(7-14(18)8-22-11-18)17(20)5-3-13-2-4-15-16(6-13)24-12-23-15/h2,4,6,14H,3,5,7-12H2,1H3/t14-,18-/m0/s1. The van der Waals surface area contributed by atoms with Gasteiger partial charge >= 0.3 is 0 Å². The van der Waals surface area contributed by atoms with Crippen LogP contribution in [0.5, 0.6) is 11.5 Å². The minimum absolute atomic E-state index is 0.0108. The Labute approximate surface area is 141 Å². The molecule has 6 heteroatoms. The Bertz CT molecular complexity index is 634. The summed E-state index contributed by atoms with van der Waals surface area (Å²) in [4.78, 5) is 14.6. The molecule has 0 saturated carbocycles. The Balaban J connectivity index is 1.35. The SMILES string of the molecule is COC[C@@]12COC[C@@H]1CN(C(=O)CCc1ccc3c(c1)OCO3)C2. The zero-order chi connectivity index (χ0) is 16.6. The van der Waals surface area contributed by atoms with Crippen molar-refractivity contribution in [1.82, 2.24) is 4.90 Å². The van der Waals surface area contributed by atoms with Crippen molar-refractivity contribution in [1.29, 1.82) is 0 Å². The average molecular weight is 333 g/mol. The Morgan fingerprint density at radius 2 is 2.25 bits per heavy atom. The van der Waals surface area contributed by atoms with Crippen molar-refractivity contribution in [3.63, 3.8) is 0 Å². The number of carbonyl (C=O) groups excluding carboxylic acids is 1. The van der Waals surface area contributed by atoms with Crippen molar-refractivity contribution in [2.75, 3.05) is 46.8 Å². The molecular formula is C18H23NO5. The first-order chi connectivity index (χ1) is 11.7. The molecular weight excluding hydrogens is 310 g/mol. The quantitative estimate of drug-likeness (QED) is 0.817. The van der Waals surface area contributed by atoms with E-state index in [0.29, 0.717) is 32.0 Å². The van der Waals surface area contributed by atoms with Gasteiger partial charge in [-0.1, -0.05) is 6.07 Å². The first-order valence-corrected chi connectivity index (χ1v) is 8.43. The Morgan fingerprint density at radius 3 is 3.12 bits per heavy atom. The molecule has 0 spiro atoms. The van der Waals surface area contributed by atoms with Crippen molar-refractivity contribution in [2.45, 2.75) is 12.8 Å². The molecule has 130 valence electrons. The van der Waals surface area contributed by atoms with Gasteiger partial charge in [-0.05, 0) is 24.1 Å². The molecule has 0 aliphatic carbocycles. The number of hydrogen-bond donors (Lipinski definition) is 0. The fourth-order valence-corrected chi connectivity index (χ4v) is 4.02. The number of likely N-dealkylation sites (tertiary alicyclic amines) is 1. The molecule has 2 saturated heterocycles. The molecule has 2 atom stereocenters. The molecule has 1 aromatic carbocycles. The Kier molecular flexibility index (Phi) is 4.10. The zero-order valence-electron chi connectivity index (χ0n) is 14.0. The van der Waals surface area contributed by atoms with Gasteiger partial charge in [0.05, 0.1) is 19.8 Å². The van der Waals surface area contributed by atoms with Crippen molar-refractivity contribution in [3.05, 3.63) is 23.8 Å². The second-order valence-electron chi connectivity index (χ2n) is 6.97. The predicted octanol–water partition coefficient (Wildman–Crippen LogP) is 1.47. The molecule has 3 aliphatic rings. The number of ether oxygens (including phenoxy) is 4. The van der Waals surface area contributed by atoms with Gasteiger partial charge in [0, 0.05) is 38.0 Å². The summed E-state index contributed by atoms with van der Waals surface area (Å²) in [5, 5.41) is 0. The van der Waals surface area contributed by atoms with Crippen LogP contribution in [0.15, 0.2) is 18.2 Å². The summed E-state index contributed by atoms with van der Waals surface area (Å²) < 4.78 is 21.7. The van der Waals surface area contributed by atoms with E-state index >= 15 is 0 Å². The summed E-state index contributed by atoms with van der Waals surface area (Å²) in [6.45, 7) is 3.88. The van der Waals surface area contributed by atoms with Gasteiger partial charge in [-0.2, -0.15) is 0 Å². The average Bonchev–Trinajstić information content (AvgIpc) is 3.25. The van der Waals surface area contributed by atoms with Crippen LogP contribution in [0.1, 0.15) is 12.0 Å². The summed E-state index contributed by atoms with van der Waals surface area (Å²) in [7, 11) is 1.72. The molecule has 3 heterocycles. The van der Waals surface area contributed by atoms with Gasteiger partial charge in [0.15, 0.2) is 11.5 Å². The van der Waals surface area contributed by atoms with Gasteiger partial charge in [0.25, 0.3) is 0 Å². The van der Waals surface area contributed by atoms with E-state index in [4.69, 9.17) is 18.9 Å². The van der Waals surface area contributed by atoms with Crippen LogP contribution in [-0.4, -0.2) is 57.6 Å². The molecule has 6 nitrogen and oxygen atoms in total. The maximum atomic E-state index is 12.6. The fraction of sp³-hybridized carbons (Fsp3) is 0.611. The second kappa shape index (κ2) is 6.26. The van der Waals surface area contributed by atoms with E-state index in [2.05, 4.69) is 0 Å². The largest absolute Gasteiger partial charge is 0.454 e. The molecule has 1 amide bonds. The number of rotatable bonds is 5. The van der Waals surface area contributed by atoms with Crippen molar-refractivity contribution < 1.29 is 23.7 Å². The number of fused-ring (bicyclic) bond motifs is 2. The third-order valence-corrected chi connectivity index (χ3v) is 5.37. The van der Waals surface area contributed by atoms with Crippen LogP contribution in [0.25, 0.3) is 0 Å². The van der Waals surface area contributed by atoms with Gasteiger partial charge in [0.1, 0.15) is 0 Å². The summed E-state index contributed by atoms with van der Waals surface area (Å²) in [5.74, 6) is 2.15. The highest BCUT2D eigenvalue weighted by Crippen LogP contribution is 2.41. The summed E-state index contributed by atoms with van der Waals surface area (Å²) >= 11 is 0. The van der Waals surface area contributed by atoms with Gasteiger partial charge in [-0.3, -0.25) is 4.79 Å². The molecule has 2 fully saturated rings. The van der Waals surface area contributed by atoms with E-state index < -0.39 is 0 Å². The second-order valence-corrected chi connectivity index (χ2v) is 6.97. The van der Waals surface area contributed by atoms with Gasteiger partial charge in [-0.15, -0.1) is 0 Å². The molecule has 0 radical (unpaired) electrons. The minimum atomic E-state index is -0.0108. The highest BCUT2D eigenvalue weighted by molar-refractivity contribution is 5.77. The fourth-order valence-electron chi connectivity index (χ4n) is 4.02. The van der Waals surface area contributed by atoms with Crippen LogP contribution in [-0.2, 0) is 20.7 Å². The van der Waals surface area contributed by atoms with Crippen molar-refractivity contribution in [3.8, 4) is 11.5 Å². The van der Waals surface area contributed by atoms with Gasteiger partial charge < -0.3 is 23.8 Å². The third kappa shape index (κ3) is 2.74. The maximum Gasteiger partial charge on any atom is 0.231 e. The number of nitrogens with zero attached hydrogens (tertiary/aromatic N) is 1. The van der Waals surface area contributed by atoms with Crippen LogP contribution in [0.3, 0.4) is 0 Å². The van der Waals surface area contributed by atoms with Gasteiger partial charge in [0.2, 0.25) is 12.7 Å². The Morgan fingerprint density at radius 1 is 1.38 bits per heavy atom. The van der Waals surface area contributed by atoms with E-state index in [0.717, 1.165) is 36.8 Å². The van der Waals surface area contributed by atoms with Crippen LogP contribution >= 0.6 is 0 Å². The monoisotopic (exact) mass is 333 g/mol. The molecule has 0 aromatic heterocycles. The van der Waals surface area contributed by atoms with E-state index in [1.54, 1.807) is 7.11 Å². The molecule has 0 N–H and O–H groups in total. The first-order valence-electron chi connectivity index (χ1n) is 8.43. The van der Waals surface area contributed by atoms with Crippen molar-refractivity contribution in [2.24, 2.45) is 11.3 Å². The molecule has 4 rings (SSSR count). The van der Waals surface area contributed by atoms with Crippen molar-refractivity contribution >= 4 is 5.91 Å². The number of benzene rings is 1. The van der Waals surface area contributed by atoms with E-state index in [1.807, 2.05) is 23.1 Å². The third-order valence-electron chi connectivity index (χ3n) is 5.37. The van der Waals surface area contributed by atoms with E-state index in [9.17, 15) is 4.79 Å². The summed E-state index contributed by atoms with van der Waals surface area (Å²) in [6.07, 6.45) is 1.22. The Hall–Kier alpha value is -1.79. The van der Waals surface area contributed by atoms with Gasteiger partial charge in [-0.25, -0.2) is 0 Å². The molecule has 0 bridgehead atoms. The smallest absolute Gasteiger partial charge is 0.231 e. The number of methoxy groups -OCH3 is 1. The lowest BCUT2D eigenvalue weighted by Crippen LogP contribution is -2.37. The lowest BCUT2D eigenvalue weighted by Gasteiger charge is -2.26. The first kappa shape index (κ1) is 15.7. The molecule has 24 heavy (non-hydrogen) atoms. The number of hydrogen-bond acceptors (Lipinski definition) is 5. The van der Waals surface area contributed by atoms with Crippen LogP contribution in [0.2, 0.25) is 0 Å². The number of aryl methyl sites for hydroxylation is 1. The highest BCUT2D eigenvalue weighted by atomic mass is 16.7. The van der Waals surface area contributed by atoms with Crippen LogP contribution in [0, 0.1) is 11.3 Å². The highest BCUT2D eigenvalue weighted by Gasteiger charge is 2.51. The predicted molar refractivity (Wildman–Crippen MR) is 86.1 cm³/mol. The lowest BCUT2D eigenvalue weighted by molar-refractivity contribution is -0.131. The minimum Gasteiger partial charge on any atom is -0.454 e. The molecule has 3 aliphatic heterocycles.